The molecule has 118 valence electrons. The van der Waals surface area contributed by atoms with Crippen LogP contribution in [0.4, 0.5) is 11.4 Å². The van der Waals surface area contributed by atoms with Crippen LogP contribution in [0.5, 0.6) is 5.75 Å². The second-order valence-electron chi connectivity index (χ2n) is 5.16. The second kappa shape index (κ2) is 6.42. The molecule has 1 N–H and O–H groups in total. The molecule has 23 heavy (non-hydrogen) atoms. The van der Waals surface area contributed by atoms with Crippen LogP contribution in [-0.4, -0.2) is 25.0 Å². The number of halogens is 1. The Bertz CT molecular complexity index is 759. The Morgan fingerprint density at radius 3 is 2.61 bits per heavy atom. The Morgan fingerprint density at radius 1 is 1.17 bits per heavy atom. The first-order valence-corrected chi connectivity index (χ1v) is 7.96. The maximum atomic E-state index is 12.2. The lowest BCUT2D eigenvalue weighted by Gasteiger charge is -2.29. The number of ether oxygens (including phenoxy) is 1. The number of amides is 2. The maximum Gasteiger partial charge on any atom is 0.255 e. The Morgan fingerprint density at radius 2 is 1.91 bits per heavy atom. The summed E-state index contributed by atoms with van der Waals surface area (Å²) in [5, 5.41) is 2.83. The molecule has 1 aliphatic rings. The normalized spacial score (nSPS) is 13.0. The molecule has 0 radical (unpaired) electrons. The van der Waals surface area contributed by atoms with E-state index in [1.807, 2.05) is 12.1 Å². The number of anilines is 2. The maximum absolute atomic E-state index is 12.2. The number of benzene rings is 2. The Labute approximate surface area is 142 Å². The fourth-order valence-corrected chi connectivity index (χ4v) is 2.69. The molecule has 2 amide bonds. The molecule has 0 bridgehead atoms. The van der Waals surface area contributed by atoms with Gasteiger partial charge in [0.05, 0.1) is 12.2 Å². The minimum absolute atomic E-state index is 0.0267. The highest BCUT2D eigenvalue weighted by Gasteiger charge is 2.21. The summed E-state index contributed by atoms with van der Waals surface area (Å²) in [6, 6.07) is 12.4. The summed E-state index contributed by atoms with van der Waals surface area (Å²) in [6.45, 7) is 2.50. The van der Waals surface area contributed by atoms with Crippen LogP contribution in [0.2, 0.25) is 0 Å². The Hall–Kier alpha value is -2.34. The van der Waals surface area contributed by atoms with Gasteiger partial charge in [-0.25, -0.2) is 0 Å². The van der Waals surface area contributed by atoms with Crippen molar-refractivity contribution in [3.05, 3.63) is 52.5 Å². The van der Waals surface area contributed by atoms with E-state index in [0.717, 1.165) is 10.2 Å². The summed E-state index contributed by atoms with van der Waals surface area (Å²) in [5.74, 6) is 0.373. The SMILES string of the molecule is CC(=O)N1CCOc2cc(NC(=O)c3ccc(Br)cc3)ccc21. The van der Waals surface area contributed by atoms with E-state index >= 15 is 0 Å². The summed E-state index contributed by atoms with van der Waals surface area (Å²) in [5.41, 5.74) is 1.92. The highest BCUT2D eigenvalue weighted by molar-refractivity contribution is 9.10. The molecule has 5 nitrogen and oxygen atoms in total. The zero-order chi connectivity index (χ0) is 16.4. The average molecular weight is 375 g/mol. The minimum atomic E-state index is -0.198. The molecule has 0 fully saturated rings. The number of nitrogens with one attached hydrogen (secondary N) is 1. The predicted molar refractivity (Wildman–Crippen MR) is 92.1 cm³/mol. The van der Waals surface area contributed by atoms with Gasteiger partial charge in [0.25, 0.3) is 5.91 Å². The fourth-order valence-electron chi connectivity index (χ4n) is 2.43. The molecule has 0 aliphatic carbocycles. The van der Waals surface area contributed by atoms with E-state index < -0.39 is 0 Å². The highest BCUT2D eigenvalue weighted by Crippen LogP contribution is 2.34. The fraction of sp³-hybridized carbons (Fsp3) is 0.176. The third-order valence-corrected chi connectivity index (χ3v) is 4.10. The van der Waals surface area contributed by atoms with Crippen molar-refractivity contribution in [2.45, 2.75) is 6.92 Å². The van der Waals surface area contributed by atoms with Crippen LogP contribution in [0.1, 0.15) is 17.3 Å². The third-order valence-electron chi connectivity index (χ3n) is 3.57. The molecule has 1 heterocycles. The predicted octanol–water partition coefficient (Wildman–Crippen LogP) is 3.45. The van der Waals surface area contributed by atoms with E-state index in [9.17, 15) is 9.59 Å². The van der Waals surface area contributed by atoms with Crippen molar-refractivity contribution in [2.24, 2.45) is 0 Å². The summed E-state index contributed by atoms with van der Waals surface area (Å²) < 4.78 is 6.51. The number of fused-ring (bicyclic) bond motifs is 1. The van der Waals surface area contributed by atoms with Gasteiger partial charge in [-0.1, -0.05) is 15.9 Å². The van der Waals surface area contributed by atoms with Crippen LogP contribution >= 0.6 is 15.9 Å². The molecule has 6 heteroatoms. The number of hydrogen-bond acceptors (Lipinski definition) is 3. The molecular formula is C17H15BrN2O3. The van der Waals surface area contributed by atoms with Crippen molar-refractivity contribution in [3.63, 3.8) is 0 Å². The van der Waals surface area contributed by atoms with Gasteiger partial charge in [-0.05, 0) is 36.4 Å². The van der Waals surface area contributed by atoms with Gasteiger partial charge in [0.1, 0.15) is 12.4 Å². The Balaban J connectivity index is 1.81. The monoisotopic (exact) mass is 374 g/mol. The van der Waals surface area contributed by atoms with Crippen molar-refractivity contribution >= 4 is 39.1 Å². The van der Waals surface area contributed by atoms with Gasteiger partial charge in [-0.15, -0.1) is 0 Å². The van der Waals surface area contributed by atoms with Gasteiger partial charge < -0.3 is 15.0 Å². The van der Waals surface area contributed by atoms with Crippen molar-refractivity contribution in [2.75, 3.05) is 23.4 Å². The number of hydrogen-bond donors (Lipinski definition) is 1. The molecular weight excluding hydrogens is 360 g/mol. The van der Waals surface area contributed by atoms with Gasteiger partial charge >= 0.3 is 0 Å². The number of rotatable bonds is 2. The Kier molecular flexibility index (Phi) is 4.34. The summed E-state index contributed by atoms with van der Waals surface area (Å²) in [7, 11) is 0. The summed E-state index contributed by atoms with van der Waals surface area (Å²) in [4.78, 5) is 25.5. The van der Waals surface area contributed by atoms with E-state index in [1.54, 1.807) is 35.2 Å². The lowest BCUT2D eigenvalue weighted by atomic mass is 10.2. The molecule has 2 aromatic rings. The van der Waals surface area contributed by atoms with Gasteiger partial charge in [0.2, 0.25) is 5.91 Å². The van der Waals surface area contributed by atoms with Gasteiger partial charge in [0, 0.05) is 28.7 Å². The third kappa shape index (κ3) is 3.37. The zero-order valence-electron chi connectivity index (χ0n) is 12.5. The molecule has 1 aliphatic heterocycles. The number of nitrogens with zero attached hydrogens (tertiary/aromatic N) is 1. The van der Waals surface area contributed by atoms with Gasteiger partial charge in [0.15, 0.2) is 0 Å². The van der Waals surface area contributed by atoms with E-state index in [-0.39, 0.29) is 11.8 Å². The summed E-state index contributed by atoms with van der Waals surface area (Å²) in [6.07, 6.45) is 0. The lowest BCUT2D eigenvalue weighted by molar-refractivity contribution is -0.116. The van der Waals surface area contributed by atoms with Crippen molar-refractivity contribution in [1.82, 2.24) is 0 Å². The standard InChI is InChI=1S/C17H15BrN2O3/c1-11(21)20-8-9-23-16-10-14(6-7-15(16)20)19-17(22)12-2-4-13(18)5-3-12/h2-7,10H,8-9H2,1H3,(H,19,22). The minimum Gasteiger partial charge on any atom is -0.489 e. The molecule has 0 spiro atoms. The van der Waals surface area contributed by atoms with Crippen molar-refractivity contribution in [3.8, 4) is 5.75 Å². The van der Waals surface area contributed by atoms with Crippen LogP contribution in [-0.2, 0) is 4.79 Å². The van der Waals surface area contributed by atoms with E-state index in [4.69, 9.17) is 4.74 Å². The number of carbonyl (C=O) groups excluding carboxylic acids is 2. The van der Waals surface area contributed by atoms with Gasteiger partial charge in [-0.2, -0.15) is 0 Å². The zero-order valence-corrected chi connectivity index (χ0v) is 14.1. The molecule has 0 saturated heterocycles. The molecule has 0 saturated carbocycles. The van der Waals surface area contributed by atoms with E-state index in [2.05, 4.69) is 21.2 Å². The van der Waals surface area contributed by atoms with Crippen LogP contribution in [0.3, 0.4) is 0 Å². The molecule has 0 unspecified atom stereocenters. The lowest BCUT2D eigenvalue weighted by Crippen LogP contribution is -2.36. The van der Waals surface area contributed by atoms with E-state index in [0.29, 0.717) is 30.2 Å². The van der Waals surface area contributed by atoms with Crippen LogP contribution in [0.15, 0.2) is 46.9 Å². The first-order valence-electron chi connectivity index (χ1n) is 7.16. The van der Waals surface area contributed by atoms with Crippen molar-refractivity contribution in [1.29, 1.82) is 0 Å². The number of carbonyl (C=O) groups is 2. The van der Waals surface area contributed by atoms with E-state index in [1.165, 1.54) is 6.92 Å². The van der Waals surface area contributed by atoms with Gasteiger partial charge in [-0.3, -0.25) is 9.59 Å². The van der Waals surface area contributed by atoms with Crippen LogP contribution < -0.4 is 15.0 Å². The van der Waals surface area contributed by atoms with Crippen LogP contribution in [0, 0.1) is 0 Å². The topological polar surface area (TPSA) is 58.6 Å². The largest absolute Gasteiger partial charge is 0.489 e. The van der Waals surface area contributed by atoms with Crippen molar-refractivity contribution < 1.29 is 14.3 Å². The highest BCUT2D eigenvalue weighted by atomic mass is 79.9. The average Bonchev–Trinajstić information content (AvgIpc) is 2.54. The second-order valence-corrected chi connectivity index (χ2v) is 6.08. The van der Waals surface area contributed by atoms with Crippen LogP contribution in [0.25, 0.3) is 0 Å². The quantitative estimate of drug-likeness (QED) is 0.875. The molecule has 0 atom stereocenters. The molecule has 2 aromatic carbocycles. The molecule has 0 aromatic heterocycles. The first kappa shape index (κ1) is 15.6. The first-order chi connectivity index (χ1) is 11.0. The summed E-state index contributed by atoms with van der Waals surface area (Å²) >= 11 is 3.34. The molecule has 3 rings (SSSR count). The smallest absolute Gasteiger partial charge is 0.255 e.